The number of aromatic nitrogens is 2. The molecule has 0 N–H and O–H groups in total. The van der Waals surface area contributed by atoms with Gasteiger partial charge in [-0.05, 0) is 26.0 Å². The third kappa shape index (κ3) is 3.87. The van der Waals surface area contributed by atoms with E-state index >= 15 is 0 Å². The Morgan fingerprint density at radius 3 is 2.50 bits per heavy atom. The molecule has 140 valence electrons. The van der Waals surface area contributed by atoms with Crippen molar-refractivity contribution in [3.63, 3.8) is 0 Å². The van der Waals surface area contributed by atoms with Crippen LogP contribution in [0.1, 0.15) is 19.4 Å². The van der Waals surface area contributed by atoms with E-state index in [1.807, 2.05) is 18.7 Å². The van der Waals surface area contributed by atoms with Crippen molar-refractivity contribution in [1.82, 2.24) is 19.6 Å². The maximum absolute atomic E-state index is 14.0. The van der Waals surface area contributed by atoms with Crippen LogP contribution in [0.25, 0.3) is 0 Å². The van der Waals surface area contributed by atoms with Crippen molar-refractivity contribution < 1.29 is 9.18 Å². The molecule has 1 aliphatic heterocycles. The van der Waals surface area contributed by atoms with Gasteiger partial charge in [-0.2, -0.15) is 5.10 Å². The van der Waals surface area contributed by atoms with E-state index in [2.05, 4.69) is 10.00 Å². The molecule has 1 fully saturated rings. The second-order valence-corrected chi connectivity index (χ2v) is 7.77. The highest BCUT2D eigenvalue weighted by Gasteiger charge is 2.36. The number of hydrogen-bond acceptors (Lipinski definition) is 3. The molecule has 1 saturated heterocycles. The molecule has 1 amide bonds. The number of carbonyl (C=O) groups excluding carboxylic acids is 1. The lowest BCUT2D eigenvalue weighted by atomic mass is 10.0. The predicted molar refractivity (Wildman–Crippen MR) is 99.8 cm³/mol. The lowest BCUT2D eigenvalue weighted by Crippen LogP contribution is -2.54. The van der Waals surface area contributed by atoms with Crippen molar-refractivity contribution in [1.29, 1.82) is 0 Å². The van der Waals surface area contributed by atoms with Crippen LogP contribution in [0.4, 0.5) is 4.39 Å². The maximum atomic E-state index is 14.0. The highest BCUT2D eigenvalue weighted by molar-refractivity contribution is 6.31. The number of rotatable bonds is 4. The number of carbonyl (C=O) groups is 1. The zero-order valence-corrected chi connectivity index (χ0v) is 16.3. The summed E-state index contributed by atoms with van der Waals surface area (Å²) in [6.07, 6.45) is 3.17. The Bertz CT molecular complexity index is 780. The van der Waals surface area contributed by atoms with Crippen LogP contribution in [-0.2, 0) is 16.9 Å². The zero-order chi connectivity index (χ0) is 18.9. The van der Waals surface area contributed by atoms with E-state index in [1.54, 1.807) is 23.0 Å². The summed E-state index contributed by atoms with van der Waals surface area (Å²) in [4.78, 5) is 16.8. The van der Waals surface area contributed by atoms with E-state index in [9.17, 15) is 9.18 Å². The average Bonchev–Trinajstić information content (AvgIpc) is 3.05. The number of nitrogens with zero attached hydrogens (tertiary/aromatic N) is 4. The highest BCUT2D eigenvalue weighted by Crippen LogP contribution is 2.23. The first-order valence-electron chi connectivity index (χ1n) is 8.44. The number of hydrogen-bond donors (Lipinski definition) is 0. The molecule has 0 radical (unpaired) electrons. The quantitative estimate of drug-likeness (QED) is 0.792. The Balaban J connectivity index is 1.62. The minimum atomic E-state index is -0.815. The molecule has 0 bridgehead atoms. The van der Waals surface area contributed by atoms with Crippen LogP contribution in [0.2, 0.25) is 10.0 Å². The molecule has 0 aliphatic carbocycles. The molecule has 0 spiro atoms. The van der Waals surface area contributed by atoms with Crippen molar-refractivity contribution >= 4 is 29.1 Å². The van der Waals surface area contributed by atoms with Crippen LogP contribution in [0.3, 0.4) is 0 Å². The first-order chi connectivity index (χ1) is 12.3. The Kier molecular flexibility index (Phi) is 5.55. The smallest absolute Gasteiger partial charge is 0.250 e. The molecule has 1 aromatic carbocycles. The second kappa shape index (κ2) is 7.55. The SMILES string of the molecule is CC(C)(C(=O)N1CCN(Cc2c(F)cccc2Cl)CC1)n1cc(Cl)cn1. The van der Waals surface area contributed by atoms with E-state index in [0.717, 1.165) is 0 Å². The van der Waals surface area contributed by atoms with E-state index in [-0.39, 0.29) is 11.7 Å². The molecule has 1 aromatic heterocycles. The summed E-state index contributed by atoms with van der Waals surface area (Å²) in [5.41, 5.74) is -0.315. The molecule has 2 heterocycles. The molecule has 0 unspecified atom stereocenters. The minimum absolute atomic E-state index is 0.0131. The van der Waals surface area contributed by atoms with Gasteiger partial charge in [0.2, 0.25) is 5.91 Å². The third-order valence-electron chi connectivity index (χ3n) is 4.75. The summed E-state index contributed by atoms with van der Waals surface area (Å²) in [6, 6.07) is 4.71. The number of piperazine rings is 1. The fourth-order valence-corrected chi connectivity index (χ4v) is 3.47. The van der Waals surface area contributed by atoms with E-state index in [0.29, 0.717) is 48.3 Å². The standard InChI is InChI=1S/C18H21Cl2FN4O/c1-18(2,25-11-13(19)10-22-25)17(26)24-8-6-23(7-9-24)12-14-15(20)4-3-5-16(14)21/h3-5,10-11H,6-9,12H2,1-2H3. The Hall–Kier alpha value is -1.63. The summed E-state index contributed by atoms with van der Waals surface area (Å²) >= 11 is 12.0. The largest absolute Gasteiger partial charge is 0.338 e. The molecule has 8 heteroatoms. The van der Waals surface area contributed by atoms with Crippen molar-refractivity contribution in [2.45, 2.75) is 25.9 Å². The molecular formula is C18H21Cl2FN4O. The Morgan fingerprint density at radius 2 is 1.92 bits per heavy atom. The van der Waals surface area contributed by atoms with Gasteiger partial charge in [0.25, 0.3) is 0 Å². The van der Waals surface area contributed by atoms with Crippen molar-refractivity contribution in [3.8, 4) is 0 Å². The molecule has 3 rings (SSSR count). The van der Waals surface area contributed by atoms with Gasteiger partial charge in [-0.3, -0.25) is 14.4 Å². The van der Waals surface area contributed by atoms with Gasteiger partial charge in [-0.25, -0.2) is 4.39 Å². The fourth-order valence-electron chi connectivity index (χ4n) is 3.11. The second-order valence-electron chi connectivity index (χ2n) is 6.93. The summed E-state index contributed by atoms with van der Waals surface area (Å²) < 4.78 is 15.5. The minimum Gasteiger partial charge on any atom is -0.338 e. The molecule has 5 nitrogen and oxygen atoms in total. The number of benzene rings is 1. The predicted octanol–water partition coefficient (Wildman–Crippen LogP) is 3.41. The van der Waals surface area contributed by atoms with Gasteiger partial charge >= 0.3 is 0 Å². The lowest BCUT2D eigenvalue weighted by Gasteiger charge is -2.38. The van der Waals surface area contributed by atoms with Gasteiger partial charge in [0.1, 0.15) is 11.4 Å². The topological polar surface area (TPSA) is 41.4 Å². The number of amides is 1. The summed E-state index contributed by atoms with van der Waals surface area (Å²) in [5, 5.41) is 5.09. The van der Waals surface area contributed by atoms with Crippen molar-refractivity contribution in [2.75, 3.05) is 26.2 Å². The molecule has 26 heavy (non-hydrogen) atoms. The van der Waals surface area contributed by atoms with E-state index in [4.69, 9.17) is 23.2 Å². The molecule has 0 saturated carbocycles. The summed E-state index contributed by atoms with van der Waals surface area (Å²) in [5.74, 6) is -0.312. The first kappa shape index (κ1) is 19.1. The molecule has 0 atom stereocenters. The van der Waals surface area contributed by atoms with E-state index < -0.39 is 5.54 Å². The van der Waals surface area contributed by atoms with Crippen LogP contribution in [0.15, 0.2) is 30.6 Å². The Labute approximate surface area is 162 Å². The van der Waals surface area contributed by atoms with Crippen LogP contribution >= 0.6 is 23.2 Å². The van der Waals surface area contributed by atoms with Crippen LogP contribution < -0.4 is 0 Å². The average molecular weight is 399 g/mol. The van der Waals surface area contributed by atoms with Crippen molar-refractivity contribution in [3.05, 3.63) is 52.0 Å². The maximum Gasteiger partial charge on any atom is 0.250 e. The van der Waals surface area contributed by atoms with Gasteiger partial charge in [-0.1, -0.05) is 29.3 Å². The highest BCUT2D eigenvalue weighted by atomic mass is 35.5. The summed E-state index contributed by atoms with van der Waals surface area (Å²) in [6.45, 7) is 6.55. The van der Waals surface area contributed by atoms with Crippen molar-refractivity contribution in [2.24, 2.45) is 0 Å². The Morgan fingerprint density at radius 1 is 1.23 bits per heavy atom. The zero-order valence-electron chi connectivity index (χ0n) is 14.8. The molecular weight excluding hydrogens is 378 g/mol. The molecule has 1 aliphatic rings. The van der Waals surface area contributed by atoms with Crippen LogP contribution in [-0.4, -0.2) is 51.7 Å². The van der Waals surface area contributed by atoms with Gasteiger partial charge in [-0.15, -0.1) is 0 Å². The third-order valence-corrected chi connectivity index (χ3v) is 5.30. The first-order valence-corrected chi connectivity index (χ1v) is 9.20. The van der Waals surface area contributed by atoms with Gasteiger partial charge in [0.05, 0.1) is 11.2 Å². The number of halogens is 3. The summed E-state index contributed by atoms with van der Waals surface area (Å²) in [7, 11) is 0. The monoisotopic (exact) mass is 398 g/mol. The van der Waals surface area contributed by atoms with Crippen LogP contribution in [0.5, 0.6) is 0 Å². The normalized spacial score (nSPS) is 16.1. The van der Waals surface area contributed by atoms with E-state index in [1.165, 1.54) is 12.3 Å². The van der Waals surface area contributed by atoms with Gasteiger partial charge < -0.3 is 4.90 Å². The lowest BCUT2D eigenvalue weighted by molar-refractivity contribution is -0.141. The van der Waals surface area contributed by atoms with Crippen LogP contribution in [0, 0.1) is 5.82 Å². The van der Waals surface area contributed by atoms with Gasteiger partial charge in [0, 0.05) is 49.5 Å². The van der Waals surface area contributed by atoms with Gasteiger partial charge in [0.15, 0.2) is 0 Å². The molecule has 2 aromatic rings. The fraction of sp³-hybridized carbons (Fsp3) is 0.444.